The number of hydrogen-bond acceptors (Lipinski definition) is 3. The van der Waals surface area contributed by atoms with Crippen LogP contribution in [0.3, 0.4) is 0 Å². The zero-order chi connectivity index (χ0) is 19.5. The number of aromatic nitrogens is 1. The standard InChI is InChI=1S/C16H11FN2O2.C3H8.C2H6/c17-11-4-5-14-13(9-11)15(6-7-18-14)19-12-3-1-2-10(8-12)16(20)21;1-3-2;1-2/h1-9H,(H,18,19)(H,20,21);3H2,1-2H3;1-2H3. The molecule has 1 aromatic heterocycles. The lowest BCUT2D eigenvalue weighted by molar-refractivity contribution is 0.0697. The Hall–Kier alpha value is -2.95. The van der Waals surface area contributed by atoms with Crippen LogP contribution in [0.15, 0.2) is 54.7 Å². The molecule has 0 saturated carbocycles. The van der Waals surface area contributed by atoms with Crippen molar-refractivity contribution in [3.05, 3.63) is 66.1 Å². The molecule has 0 fully saturated rings. The number of anilines is 2. The van der Waals surface area contributed by atoms with E-state index in [0.717, 1.165) is 0 Å². The summed E-state index contributed by atoms with van der Waals surface area (Å²) >= 11 is 0. The highest BCUT2D eigenvalue weighted by Crippen LogP contribution is 2.26. The molecular weight excluding hydrogens is 331 g/mol. The Morgan fingerprint density at radius 3 is 2.46 bits per heavy atom. The van der Waals surface area contributed by atoms with E-state index in [2.05, 4.69) is 24.1 Å². The Bertz CT molecular complexity index is 850. The van der Waals surface area contributed by atoms with E-state index in [0.29, 0.717) is 22.3 Å². The molecule has 5 heteroatoms. The number of rotatable bonds is 3. The molecule has 0 unspecified atom stereocenters. The van der Waals surface area contributed by atoms with Crippen LogP contribution in [-0.4, -0.2) is 16.1 Å². The molecule has 1 heterocycles. The molecule has 0 aliphatic carbocycles. The fraction of sp³-hybridized carbons (Fsp3) is 0.238. The molecule has 138 valence electrons. The fourth-order valence-electron chi connectivity index (χ4n) is 2.11. The van der Waals surface area contributed by atoms with E-state index in [1.54, 1.807) is 30.5 Å². The molecule has 26 heavy (non-hydrogen) atoms. The fourth-order valence-corrected chi connectivity index (χ4v) is 2.11. The lowest BCUT2D eigenvalue weighted by Crippen LogP contribution is -1.98. The zero-order valence-electron chi connectivity index (χ0n) is 15.6. The number of nitrogens with one attached hydrogen (secondary N) is 1. The summed E-state index contributed by atoms with van der Waals surface area (Å²) < 4.78 is 13.4. The second-order valence-electron chi connectivity index (χ2n) is 5.24. The van der Waals surface area contributed by atoms with Crippen molar-refractivity contribution >= 4 is 28.2 Å². The van der Waals surface area contributed by atoms with Crippen LogP contribution in [0.25, 0.3) is 10.9 Å². The highest BCUT2D eigenvalue weighted by molar-refractivity contribution is 5.94. The Balaban J connectivity index is 0.000000615. The molecular formula is C21H25FN2O2. The van der Waals surface area contributed by atoms with Crippen LogP contribution in [0.2, 0.25) is 0 Å². The lowest BCUT2D eigenvalue weighted by atomic mass is 10.1. The van der Waals surface area contributed by atoms with Crippen molar-refractivity contribution in [3.8, 4) is 0 Å². The average Bonchev–Trinajstić information content (AvgIpc) is 2.65. The highest BCUT2D eigenvalue weighted by atomic mass is 19.1. The SMILES string of the molecule is CC.CCC.O=C(O)c1cccc(Nc2ccnc3ccc(F)cc23)c1. The predicted octanol–water partition coefficient (Wildman–Crippen LogP) is 6.26. The van der Waals surface area contributed by atoms with Gasteiger partial charge in [0.1, 0.15) is 5.82 Å². The van der Waals surface area contributed by atoms with Gasteiger partial charge in [0, 0.05) is 23.0 Å². The van der Waals surface area contributed by atoms with Crippen LogP contribution in [-0.2, 0) is 0 Å². The molecule has 0 radical (unpaired) electrons. The first kappa shape index (κ1) is 21.1. The Labute approximate surface area is 153 Å². The van der Waals surface area contributed by atoms with Crippen LogP contribution in [0.1, 0.15) is 44.5 Å². The molecule has 3 rings (SSSR count). The number of benzene rings is 2. The van der Waals surface area contributed by atoms with E-state index in [1.807, 2.05) is 13.8 Å². The summed E-state index contributed by atoms with van der Waals surface area (Å²) in [5.41, 5.74) is 2.13. The quantitative estimate of drug-likeness (QED) is 0.581. The molecule has 0 atom stereocenters. The van der Waals surface area contributed by atoms with Gasteiger partial charge in [-0.3, -0.25) is 4.98 Å². The molecule has 0 spiro atoms. The summed E-state index contributed by atoms with van der Waals surface area (Å²) in [5.74, 6) is -1.35. The summed E-state index contributed by atoms with van der Waals surface area (Å²) in [5, 5.41) is 12.7. The Morgan fingerprint density at radius 1 is 1.12 bits per heavy atom. The van der Waals surface area contributed by atoms with Gasteiger partial charge in [-0.05, 0) is 42.5 Å². The van der Waals surface area contributed by atoms with E-state index in [9.17, 15) is 9.18 Å². The third-order valence-electron chi connectivity index (χ3n) is 3.09. The number of halogens is 1. The number of carbonyl (C=O) groups is 1. The van der Waals surface area contributed by atoms with Crippen molar-refractivity contribution in [2.75, 3.05) is 5.32 Å². The van der Waals surface area contributed by atoms with Gasteiger partial charge in [-0.15, -0.1) is 0 Å². The van der Waals surface area contributed by atoms with Gasteiger partial charge in [-0.25, -0.2) is 9.18 Å². The number of carboxylic acid groups (broad SMARTS) is 1. The normalized spacial score (nSPS) is 9.42. The number of fused-ring (bicyclic) bond motifs is 1. The topological polar surface area (TPSA) is 62.2 Å². The van der Waals surface area contributed by atoms with Crippen molar-refractivity contribution in [3.63, 3.8) is 0 Å². The summed E-state index contributed by atoms with van der Waals surface area (Å²) in [6.07, 6.45) is 2.86. The maximum Gasteiger partial charge on any atom is 0.335 e. The van der Waals surface area contributed by atoms with E-state index >= 15 is 0 Å². The minimum Gasteiger partial charge on any atom is -0.478 e. The monoisotopic (exact) mass is 356 g/mol. The van der Waals surface area contributed by atoms with Crippen LogP contribution in [0.4, 0.5) is 15.8 Å². The molecule has 3 aromatic rings. The minimum atomic E-state index is -0.996. The van der Waals surface area contributed by atoms with Gasteiger partial charge >= 0.3 is 5.97 Å². The van der Waals surface area contributed by atoms with Gasteiger partial charge in [0.05, 0.1) is 11.1 Å². The van der Waals surface area contributed by atoms with Gasteiger partial charge in [0.15, 0.2) is 0 Å². The van der Waals surface area contributed by atoms with Crippen molar-refractivity contribution in [1.29, 1.82) is 0 Å². The molecule has 2 aromatic carbocycles. The summed E-state index contributed by atoms with van der Waals surface area (Å²) in [4.78, 5) is 15.1. The number of carboxylic acids is 1. The third-order valence-corrected chi connectivity index (χ3v) is 3.09. The second kappa shape index (κ2) is 10.8. The van der Waals surface area contributed by atoms with Gasteiger partial charge in [0.25, 0.3) is 0 Å². The first-order valence-corrected chi connectivity index (χ1v) is 8.69. The van der Waals surface area contributed by atoms with E-state index in [-0.39, 0.29) is 11.4 Å². The second-order valence-corrected chi connectivity index (χ2v) is 5.24. The van der Waals surface area contributed by atoms with Gasteiger partial charge < -0.3 is 10.4 Å². The number of hydrogen-bond donors (Lipinski definition) is 2. The van der Waals surface area contributed by atoms with Crippen LogP contribution in [0, 0.1) is 5.82 Å². The van der Waals surface area contributed by atoms with Gasteiger partial charge in [-0.1, -0.05) is 40.2 Å². The summed E-state index contributed by atoms with van der Waals surface area (Å²) in [6.45, 7) is 8.25. The molecule has 0 aliphatic heterocycles. The lowest BCUT2D eigenvalue weighted by Gasteiger charge is -2.10. The molecule has 0 amide bonds. The average molecular weight is 356 g/mol. The number of aromatic carboxylic acids is 1. The molecule has 0 aliphatic rings. The molecule has 0 bridgehead atoms. The maximum absolute atomic E-state index is 13.4. The van der Waals surface area contributed by atoms with Crippen molar-refractivity contribution in [1.82, 2.24) is 4.98 Å². The minimum absolute atomic E-state index is 0.185. The van der Waals surface area contributed by atoms with Gasteiger partial charge in [0.2, 0.25) is 0 Å². The van der Waals surface area contributed by atoms with Crippen LogP contribution in [0.5, 0.6) is 0 Å². The number of nitrogens with zero attached hydrogens (tertiary/aromatic N) is 1. The van der Waals surface area contributed by atoms with Gasteiger partial charge in [-0.2, -0.15) is 0 Å². The molecule has 0 saturated heterocycles. The highest BCUT2D eigenvalue weighted by Gasteiger charge is 2.06. The third kappa shape index (κ3) is 5.84. The summed E-state index contributed by atoms with van der Waals surface area (Å²) in [7, 11) is 0. The largest absolute Gasteiger partial charge is 0.478 e. The predicted molar refractivity (Wildman–Crippen MR) is 106 cm³/mol. The molecule has 4 nitrogen and oxygen atoms in total. The maximum atomic E-state index is 13.4. The first-order chi connectivity index (χ1) is 12.5. The first-order valence-electron chi connectivity index (χ1n) is 8.69. The van der Waals surface area contributed by atoms with Crippen molar-refractivity contribution < 1.29 is 14.3 Å². The number of pyridine rings is 1. The zero-order valence-corrected chi connectivity index (χ0v) is 15.6. The van der Waals surface area contributed by atoms with Crippen LogP contribution < -0.4 is 5.32 Å². The van der Waals surface area contributed by atoms with Crippen molar-refractivity contribution in [2.45, 2.75) is 34.1 Å². The van der Waals surface area contributed by atoms with Crippen LogP contribution >= 0.6 is 0 Å². The van der Waals surface area contributed by atoms with E-state index in [1.165, 1.54) is 30.7 Å². The smallest absolute Gasteiger partial charge is 0.335 e. The molecule has 2 N–H and O–H groups in total. The Kier molecular flexibility index (Phi) is 8.78. The van der Waals surface area contributed by atoms with E-state index in [4.69, 9.17) is 5.11 Å². The Morgan fingerprint density at radius 2 is 1.81 bits per heavy atom. The van der Waals surface area contributed by atoms with Crippen molar-refractivity contribution in [2.24, 2.45) is 0 Å². The summed E-state index contributed by atoms with van der Waals surface area (Å²) in [6, 6.07) is 12.5. The van der Waals surface area contributed by atoms with E-state index < -0.39 is 5.97 Å².